The van der Waals surface area contributed by atoms with E-state index in [1.54, 1.807) is 19.2 Å². The summed E-state index contributed by atoms with van der Waals surface area (Å²) in [5, 5.41) is 2.95. The zero-order valence-corrected chi connectivity index (χ0v) is 21.0. The number of halogens is 2. The zero-order valence-electron chi connectivity index (χ0n) is 21.0. The quantitative estimate of drug-likeness (QED) is 0.305. The van der Waals surface area contributed by atoms with Crippen LogP contribution in [0.2, 0.25) is 0 Å². The summed E-state index contributed by atoms with van der Waals surface area (Å²) in [7, 11) is 1.55. The van der Waals surface area contributed by atoms with Crippen molar-refractivity contribution < 1.29 is 18.3 Å². The molecule has 9 heteroatoms. The number of benzene rings is 2. The van der Waals surface area contributed by atoms with E-state index >= 15 is 4.39 Å². The van der Waals surface area contributed by atoms with E-state index in [9.17, 15) is 9.18 Å². The minimum atomic E-state index is -0.586. The van der Waals surface area contributed by atoms with Crippen molar-refractivity contribution in [1.82, 2.24) is 15.3 Å². The molecule has 1 fully saturated rings. The summed E-state index contributed by atoms with van der Waals surface area (Å²) in [5.74, 6) is -0.247. The molecule has 0 saturated heterocycles. The molecule has 0 atom stereocenters. The Morgan fingerprint density at radius 1 is 1.13 bits per heavy atom. The zero-order chi connectivity index (χ0) is 27.1. The Morgan fingerprint density at radius 2 is 1.89 bits per heavy atom. The number of aliphatic imine (C=N–C) groups is 1. The first-order chi connectivity index (χ1) is 18.4. The van der Waals surface area contributed by atoms with Gasteiger partial charge in [0, 0.05) is 30.8 Å². The van der Waals surface area contributed by atoms with Gasteiger partial charge in [-0.05, 0) is 68.0 Å². The number of hydrogen-bond acceptors (Lipinski definition) is 6. The lowest BCUT2D eigenvalue weighted by atomic mass is 9.85. The first kappa shape index (κ1) is 26.7. The Labute approximate surface area is 220 Å². The second-order valence-corrected chi connectivity index (χ2v) is 8.98. The molecule has 7 nitrogen and oxygen atoms in total. The third-order valence-electron chi connectivity index (χ3n) is 6.42. The Hall–Kier alpha value is -4.40. The molecule has 4 rings (SSSR count). The molecule has 1 saturated carbocycles. The SMILES string of the molecule is C=CC(=O)NC1CCC(/C=C/c2ncnc(N)c2C(=NC)c2ccc(Oc3cccc(F)c3)cc2F)CC1. The number of allylic oxidation sites excluding steroid dienone is 1. The maximum atomic E-state index is 15.3. The summed E-state index contributed by atoms with van der Waals surface area (Å²) < 4.78 is 34.3. The minimum absolute atomic E-state index is 0.144. The molecule has 1 aliphatic carbocycles. The van der Waals surface area contributed by atoms with Crippen molar-refractivity contribution in [2.75, 3.05) is 12.8 Å². The Morgan fingerprint density at radius 3 is 2.58 bits per heavy atom. The van der Waals surface area contributed by atoms with E-state index in [1.165, 1.54) is 42.7 Å². The average Bonchev–Trinajstić information content (AvgIpc) is 2.90. The molecule has 0 bridgehead atoms. The van der Waals surface area contributed by atoms with Gasteiger partial charge in [-0.3, -0.25) is 9.79 Å². The predicted octanol–water partition coefficient (Wildman–Crippen LogP) is 5.47. The van der Waals surface area contributed by atoms with E-state index < -0.39 is 11.6 Å². The largest absolute Gasteiger partial charge is 0.457 e. The van der Waals surface area contributed by atoms with Gasteiger partial charge in [0.15, 0.2) is 0 Å². The molecular formula is C29H29F2N5O2. The second-order valence-electron chi connectivity index (χ2n) is 8.98. The summed E-state index contributed by atoms with van der Waals surface area (Å²) >= 11 is 0. The van der Waals surface area contributed by atoms with Crippen molar-refractivity contribution in [3.05, 3.63) is 96.0 Å². The van der Waals surface area contributed by atoms with Gasteiger partial charge in [0.1, 0.15) is 35.3 Å². The lowest BCUT2D eigenvalue weighted by Gasteiger charge is -2.27. The lowest BCUT2D eigenvalue weighted by Crippen LogP contribution is -2.36. The van der Waals surface area contributed by atoms with Gasteiger partial charge >= 0.3 is 0 Å². The summed E-state index contributed by atoms with van der Waals surface area (Å²) in [6.07, 6.45) is 10.1. The number of amides is 1. The summed E-state index contributed by atoms with van der Waals surface area (Å²) in [5.41, 5.74) is 7.68. The van der Waals surface area contributed by atoms with Crippen LogP contribution >= 0.6 is 0 Å². The number of carbonyl (C=O) groups excluding carboxylic acids is 1. The molecular weight excluding hydrogens is 488 g/mol. The van der Waals surface area contributed by atoms with E-state index in [2.05, 4.69) is 32.9 Å². The number of nitrogens with one attached hydrogen (secondary N) is 1. The maximum Gasteiger partial charge on any atom is 0.243 e. The van der Waals surface area contributed by atoms with Crippen LogP contribution in [0.5, 0.6) is 11.5 Å². The first-order valence-electron chi connectivity index (χ1n) is 12.3. The highest BCUT2D eigenvalue weighted by molar-refractivity contribution is 6.17. The van der Waals surface area contributed by atoms with Crippen LogP contribution in [-0.2, 0) is 4.79 Å². The van der Waals surface area contributed by atoms with E-state index in [0.717, 1.165) is 25.7 Å². The monoisotopic (exact) mass is 517 g/mol. The molecule has 1 aliphatic rings. The van der Waals surface area contributed by atoms with Crippen LogP contribution in [0.15, 0.2) is 72.5 Å². The normalized spacial score (nSPS) is 17.8. The number of rotatable bonds is 8. The third-order valence-corrected chi connectivity index (χ3v) is 6.42. The van der Waals surface area contributed by atoms with Gasteiger partial charge in [0.2, 0.25) is 5.91 Å². The fourth-order valence-electron chi connectivity index (χ4n) is 4.51. The smallest absolute Gasteiger partial charge is 0.243 e. The van der Waals surface area contributed by atoms with E-state index in [4.69, 9.17) is 10.5 Å². The molecule has 38 heavy (non-hydrogen) atoms. The molecule has 3 N–H and O–H groups in total. The van der Waals surface area contributed by atoms with Crippen LogP contribution in [0.1, 0.15) is 42.5 Å². The number of nitrogens with two attached hydrogens (primary N) is 1. The summed E-state index contributed by atoms with van der Waals surface area (Å²) in [4.78, 5) is 24.4. The van der Waals surface area contributed by atoms with Crippen LogP contribution in [-0.4, -0.2) is 34.7 Å². The van der Waals surface area contributed by atoms with Gasteiger partial charge in [-0.1, -0.05) is 18.7 Å². The molecule has 3 aromatic rings. The van der Waals surface area contributed by atoms with Crippen molar-refractivity contribution in [2.45, 2.75) is 31.7 Å². The lowest BCUT2D eigenvalue weighted by molar-refractivity contribution is -0.117. The highest BCUT2D eigenvalue weighted by atomic mass is 19.1. The fourth-order valence-corrected chi connectivity index (χ4v) is 4.51. The molecule has 196 valence electrons. The van der Waals surface area contributed by atoms with Crippen molar-refractivity contribution >= 4 is 23.5 Å². The molecule has 2 aromatic carbocycles. The van der Waals surface area contributed by atoms with E-state index in [1.807, 2.05) is 6.08 Å². The molecule has 1 heterocycles. The molecule has 1 aromatic heterocycles. The highest BCUT2D eigenvalue weighted by Crippen LogP contribution is 2.29. The molecule has 0 radical (unpaired) electrons. The van der Waals surface area contributed by atoms with Gasteiger partial charge in [-0.25, -0.2) is 18.7 Å². The van der Waals surface area contributed by atoms with Gasteiger partial charge in [0.25, 0.3) is 0 Å². The third kappa shape index (κ3) is 6.47. The number of nitrogen functional groups attached to an aromatic ring is 1. The second kappa shape index (κ2) is 12.2. The number of carbonyl (C=O) groups is 1. The summed E-state index contributed by atoms with van der Waals surface area (Å²) in [6, 6.07) is 10.1. The molecule has 0 aliphatic heterocycles. The molecule has 0 spiro atoms. The van der Waals surface area contributed by atoms with Crippen LogP contribution in [0.25, 0.3) is 6.08 Å². The molecule has 0 unspecified atom stereocenters. The van der Waals surface area contributed by atoms with E-state index in [0.29, 0.717) is 22.9 Å². The van der Waals surface area contributed by atoms with Crippen LogP contribution in [0.3, 0.4) is 0 Å². The molecule has 1 amide bonds. The minimum Gasteiger partial charge on any atom is -0.457 e. The van der Waals surface area contributed by atoms with Crippen molar-refractivity contribution in [3.63, 3.8) is 0 Å². The predicted molar refractivity (Wildman–Crippen MR) is 144 cm³/mol. The van der Waals surface area contributed by atoms with Crippen molar-refractivity contribution in [2.24, 2.45) is 10.9 Å². The number of anilines is 1. The van der Waals surface area contributed by atoms with E-state index in [-0.39, 0.29) is 34.8 Å². The fraction of sp³-hybridized carbons (Fsp3) is 0.241. The number of nitrogens with zero attached hydrogens (tertiary/aromatic N) is 3. The highest BCUT2D eigenvalue weighted by Gasteiger charge is 2.22. The number of ether oxygens (including phenoxy) is 1. The number of hydrogen-bond donors (Lipinski definition) is 2. The maximum absolute atomic E-state index is 15.3. The van der Waals surface area contributed by atoms with Crippen molar-refractivity contribution in [3.8, 4) is 11.5 Å². The Kier molecular flexibility index (Phi) is 8.58. The first-order valence-corrected chi connectivity index (χ1v) is 12.3. The van der Waals surface area contributed by atoms with Crippen LogP contribution in [0, 0.1) is 17.6 Å². The van der Waals surface area contributed by atoms with Crippen molar-refractivity contribution in [1.29, 1.82) is 0 Å². The average molecular weight is 518 g/mol. The van der Waals surface area contributed by atoms with Gasteiger partial charge in [-0.15, -0.1) is 0 Å². The van der Waals surface area contributed by atoms with Gasteiger partial charge < -0.3 is 15.8 Å². The Balaban J connectivity index is 1.54. The number of aromatic nitrogens is 2. The van der Waals surface area contributed by atoms with Crippen LogP contribution in [0.4, 0.5) is 14.6 Å². The van der Waals surface area contributed by atoms with Crippen LogP contribution < -0.4 is 15.8 Å². The Bertz CT molecular complexity index is 1380. The topological polar surface area (TPSA) is 102 Å². The summed E-state index contributed by atoms with van der Waals surface area (Å²) in [6.45, 7) is 3.49. The van der Waals surface area contributed by atoms with Gasteiger partial charge in [-0.2, -0.15) is 0 Å². The van der Waals surface area contributed by atoms with Gasteiger partial charge in [0.05, 0.1) is 17.0 Å². The standard InChI is InChI=1S/C29H29F2N5O2/c1-3-26(37)36-20-10-7-18(8-11-20)9-14-25-27(29(32)35-17-34-25)28(33-2)23-13-12-22(16-24(23)31)38-21-6-4-5-19(30)15-21/h3-6,9,12-18,20H,1,7-8,10-11H2,2H3,(H,36,37)(H2,32,34,35)/b14-9+,33-28?.